The van der Waals surface area contributed by atoms with Gasteiger partial charge in [-0.3, -0.25) is 9.89 Å². The summed E-state index contributed by atoms with van der Waals surface area (Å²) in [5, 5.41) is 15.7. The highest BCUT2D eigenvalue weighted by atomic mass is 32.2. The van der Waals surface area contributed by atoms with Gasteiger partial charge in [0.2, 0.25) is 10.0 Å². The highest BCUT2D eigenvalue weighted by Crippen LogP contribution is 2.36. The van der Waals surface area contributed by atoms with Gasteiger partial charge < -0.3 is 5.11 Å². The Kier molecular flexibility index (Phi) is 4.14. The Labute approximate surface area is 117 Å². The molecule has 0 spiro atoms. The van der Waals surface area contributed by atoms with Crippen LogP contribution in [0.4, 0.5) is 0 Å². The van der Waals surface area contributed by atoms with Crippen LogP contribution in [0.1, 0.15) is 37.8 Å². The van der Waals surface area contributed by atoms with Crippen molar-refractivity contribution in [3.63, 3.8) is 0 Å². The van der Waals surface area contributed by atoms with E-state index in [-0.39, 0.29) is 11.4 Å². The second-order valence-corrected chi connectivity index (χ2v) is 7.07. The van der Waals surface area contributed by atoms with Crippen molar-refractivity contribution in [2.24, 2.45) is 5.41 Å². The van der Waals surface area contributed by atoms with Gasteiger partial charge in [0.05, 0.1) is 17.3 Å². The Morgan fingerprint density at radius 3 is 2.60 bits per heavy atom. The molecule has 1 fully saturated rings. The number of sulfonamides is 1. The first-order valence-corrected chi connectivity index (χ1v) is 8.09. The van der Waals surface area contributed by atoms with Gasteiger partial charge in [-0.2, -0.15) is 5.10 Å². The molecule has 1 aromatic heterocycles. The molecular formula is C12H19N3O4S. The van der Waals surface area contributed by atoms with Gasteiger partial charge in [-0.05, 0) is 19.8 Å². The highest BCUT2D eigenvalue weighted by molar-refractivity contribution is 7.89. The van der Waals surface area contributed by atoms with Crippen molar-refractivity contribution in [1.29, 1.82) is 0 Å². The first-order chi connectivity index (χ1) is 9.37. The summed E-state index contributed by atoms with van der Waals surface area (Å²) in [4.78, 5) is 11.6. The third-order valence-corrected chi connectivity index (χ3v) is 5.45. The van der Waals surface area contributed by atoms with Gasteiger partial charge in [0.15, 0.2) is 0 Å². The van der Waals surface area contributed by atoms with Crippen molar-refractivity contribution in [1.82, 2.24) is 14.9 Å². The fraction of sp³-hybridized carbons (Fsp3) is 0.667. The summed E-state index contributed by atoms with van der Waals surface area (Å²) in [6.07, 6.45) is 4.89. The molecule has 0 unspecified atom stereocenters. The molecule has 112 valence electrons. The lowest BCUT2D eigenvalue weighted by Crippen LogP contribution is -2.44. The van der Waals surface area contributed by atoms with Crippen LogP contribution in [0.5, 0.6) is 0 Å². The van der Waals surface area contributed by atoms with Gasteiger partial charge >= 0.3 is 5.97 Å². The topological polar surface area (TPSA) is 112 Å². The summed E-state index contributed by atoms with van der Waals surface area (Å²) in [7, 11) is -3.73. The number of carboxylic acids is 1. The monoisotopic (exact) mass is 301 g/mol. The molecule has 2 rings (SSSR count). The van der Waals surface area contributed by atoms with E-state index in [0.29, 0.717) is 18.5 Å². The number of aliphatic carboxylic acids is 1. The highest BCUT2D eigenvalue weighted by Gasteiger charge is 2.40. The van der Waals surface area contributed by atoms with Crippen molar-refractivity contribution in [3.05, 3.63) is 11.9 Å². The third-order valence-electron chi connectivity index (χ3n) is 3.94. The van der Waals surface area contributed by atoms with Crippen LogP contribution in [0, 0.1) is 12.3 Å². The second kappa shape index (κ2) is 5.53. The molecule has 0 amide bonds. The second-order valence-electron chi connectivity index (χ2n) is 5.33. The van der Waals surface area contributed by atoms with E-state index < -0.39 is 21.4 Å². The zero-order valence-corrected chi connectivity index (χ0v) is 12.2. The fourth-order valence-electron chi connectivity index (χ4n) is 2.62. The number of H-pyrrole nitrogens is 1. The van der Waals surface area contributed by atoms with Crippen LogP contribution in [0.3, 0.4) is 0 Å². The molecule has 0 atom stereocenters. The maximum absolute atomic E-state index is 12.2. The van der Waals surface area contributed by atoms with Crippen LogP contribution in [-0.2, 0) is 14.8 Å². The zero-order valence-electron chi connectivity index (χ0n) is 11.3. The van der Waals surface area contributed by atoms with Crippen LogP contribution >= 0.6 is 0 Å². The molecule has 8 heteroatoms. The first kappa shape index (κ1) is 15.0. The van der Waals surface area contributed by atoms with Gasteiger partial charge in [0.25, 0.3) is 0 Å². The summed E-state index contributed by atoms with van der Waals surface area (Å²) >= 11 is 0. The maximum atomic E-state index is 12.2. The molecule has 7 nitrogen and oxygen atoms in total. The fourth-order valence-corrected chi connectivity index (χ4v) is 3.88. The molecule has 0 bridgehead atoms. The molecule has 1 heterocycles. The van der Waals surface area contributed by atoms with Gasteiger partial charge in [-0.25, -0.2) is 13.1 Å². The zero-order chi connectivity index (χ0) is 14.8. The Morgan fingerprint density at radius 1 is 1.45 bits per heavy atom. The summed E-state index contributed by atoms with van der Waals surface area (Å²) in [6.45, 7) is 1.53. The van der Waals surface area contributed by atoms with E-state index in [4.69, 9.17) is 0 Å². The number of nitrogens with zero attached hydrogens (tertiary/aromatic N) is 1. The molecule has 1 saturated carbocycles. The molecule has 0 radical (unpaired) electrons. The van der Waals surface area contributed by atoms with Gasteiger partial charge in [-0.15, -0.1) is 0 Å². The molecule has 1 aromatic rings. The molecule has 0 aromatic carbocycles. The van der Waals surface area contributed by atoms with E-state index in [2.05, 4.69) is 14.9 Å². The molecule has 1 aliphatic carbocycles. The number of nitrogens with one attached hydrogen (secondary N) is 2. The maximum Gasteiger partial charge on any atom is 0.310 e. The molecule has 20 heavy (non-hydrogen) atoms. The van der Waals surface area contributed by atoms with E-state index in [1.54, 1.807) is 6.92 Å². The number of aromatic nitrogens is 2. The van der Waals surface area contributed by atoms with E-state index in [1.807, 2.05) is 0 Å². The lowest BCUT2D eigenvalue weighted by molar-refractivity contribution is -0.150. The van der Waals surface area contributed by atoms with Crippen LogP contribution in [0.15, 0.2) is 11.1 Å². The third kappa shape index (κ3) is 2.85. The molecular weight excluding hydrogens is 282 g/mol. The van der Waals surface area contributed by atoms with Gasteiger partial charge in [0.1, 0.15) is 4.90 Å². The number of carbonyl (C=O) groups is 1. The minimum atomic E-state index is -3.73. The van der Waals surface area contributed by atoms with Gasteiger partial charge in [0, 0.05) is 6.54 Å². The lowest BCUT2D eigenvalue weighted by atomic mass is 9.74. The van der Waals surface area contributed by atoms with Crippen LogP contribution < -0.4 is 4.72 Å². The Morgan fingerprint density at radius 2 is 2.10 bits per heavy atom. The number of hydrogen-bond donors (Lipinski definition) is 3. The SMILES string of the molecule is Cc1[nH]ncc1S(=O)(=O)NCC1(C(=O)O)CCCCC1. The van der Waals surface area contributed by atoms with E-state index in [1.165, 1.54) is 6.20 Å². The number of rotatable bonds is 5. The van der Waals surface area contributed by atoms with Gasteiger partial charge in [-0.1, -0.05) is 19.3 Å². The van der Waals surface area contributed by atoms with E-state index in [9.17, 15) is 18.3 Å². The van der Waals surface area contributed by atoms with Crippen molar-refractivity contribution in [2.75, 3.05) is 6.54 Å². The van der Waals surface area contributed by atoms with Crippen LogP contribution in [0.25, 0.3) is 0 Å². The summed E-state index contributed by atoms with van der Waals surface area (Å²) in [5.74, 6) is -0.927. The molecule has 1 aliphatic rings. The Balaban J connectivity index is 2.14. The first-order valence-electron chi connectivity index (χ1n) is 6.60. The summed E-state index contributed by atoms with van der Waals surface area (Å²) in [5.41, 5.74) is -0.548. The van der Waals surface area contributed by atoms with Crippen molar-refractivity contribution in [3.8, 4) is 0 Å². The summed E-state index contributed by atoms with van der Waals surface area (Å²) < 4.78 is 26.7. The predicted octanol–water partition coefficient (Wildman–Crippen LogP) is 1.03. The lowest BCUT2D eigenvalue weighted by Gasteiger charge is -2.33. The minimum Gasteiger partial charge on any atom is -0.481 e. The standard InChI is InChI=1S/C12H19N3O4S/c1-9-10(7-13-15-9)20(18,19)14-8-12(11(16)17)5-3-2-4-6-12/h7,14H,2-6,8H2,1H3,(H,13,15)(H,16,17). The van der Waals surface area contributed by atoms with Crippen LogP contribution in [0.2, 0.25) is 0 Å². The quantitative estimate of drug-likeness (QED) is 0.752. The smallest absolute Gasteiger partial charge is 0.310 e. The number of hydrogen-bond acceptors (Lipinski definition) is 4. The number of carboxylic acid groups (broad SMARTS) is 1. The number of aryl methyl sites for hydroxylation is 1. The summed E-state index contributed by atoms with van der Waals surface area (Å²) in [6, 6.07) is 0. The Bertz CT molecular complexity index is 588. The molecule has 0 saturated heterocycles. The molecule has 3 N–H and O–H groups in total. The average molecular weight is 301 g/mol. The Hall–Kier alpha value is -1.41. The van der Waals surface area contributed by atoms with E-state index >= 15 is 0 Å². The van der Waals surface area contributed by atoms with Crippen molar-refractivity contribution < 1.29 is 18.3 Å². The van der Waals surface area contributed by atoms with Crippen molar-refractivity contribution >= 4 is 16.0 Å². The van der Waals surface area contributed by atoms with Crippen LogP contribution in [-0.4, -0.2) is 36.2 Å². The average Bonchev–Trinajstić information content (AvgIpc) is 2.85. The minimum absolute atomic E-state index is 0.0637. The normalized spacial score (nSPS) is 18.9. The van der Waals surface area contributed by atoms with E-state index in [0.717, 1.165) is 19.3 Å². The molecule has 0 aliphatic heterocycles. The largest absolute Gasteiger partial charge is 0.481 e. The predicted molar refractivity (Wildman–Crippen MR) is 71.7 cm³/mol. The number of aromatic amines is 1. The van der Waals surface area contributed by atoms with Crippen molar-refractivity contribution in [2.45, 2.75) is 43.9 Å².